The van der Waals surface area contributed by atoms with E-state index in [0.29, 0.717) is 28.8 Å². The van der Waals surface area contributed by atoms with E-state index in [9.17, 15) is 0 Å². The maximum absolute atomic E-state index is 6.13. The number of benzene rings is 1. The molecule has 1 aromatic carbocycles. The zero-order valence-electron chi connectivity index (χ0n) is 11.2. The molecule has 1 aliphatic carbocycles. The van der Waals surface area contributed by atoms with Crippen molar-refractivity contribution in [2.24, 2.45) is 5.41 Å². The van der Waals surface area contributed by atoms with Gasteiger partial charge in [-0.1, -0.05) is 31.5 Å². The van der Waals surface area contributed by atoms with Gasteiger partial charge in [0.15, 0.2) is 0 Å². The highest BCUT2D eigenvalue weighted by atomic mass is 35.5. The molecule has 0 atom stereocenters. The van der Waals surface area contributed by atoms with Crippen LogP contribution in [0.3, 0.4) is 0 Å². The number of hydrogen-bond acceptors (Lipinski definition) is 2. The first-order valence-electron chi connectivity index (χ1n) is 6.62. The van der Waals surface area contributed by atoms with E-state index in [0.717, 1.165) is 18.4 Å². The summed E-state index contributed by atoms with van der Waals surface area (Å²) in [4.78, 5) is 0. The number of halogens is 1. The summed E-state index contributed by atoms with van der Waals surface area (Å²) in [6.07, 6.45) is 5.17. The summed E-state index contributed by atoms with van der Waals surface area (Å²) >= 11 is 6.13. The Morgan fingerprint density at radius 3 is 2.61 bits per heavy atom. The largest absolute Gasteiger partial charge is 0.399 e. The molecule has 0 saturated heterocycles. The van der Waals surface area contributed by atoms with Gasteiger partial charge in [-0.2, -0.15) is 0 Å². The smallest absolute Gasteiger partial charge is 0.0735 e. The van der Waals surface area contributed by atoms with Crippen LogP contribution in [0.4, 0.5) is 5.69 Å². The fourth-order valence-electron chi connectivity index (χ4n) is 2.43. The van der Waals surface area contributed by atoms with Crippen LogP contribution in [0.25, 0.3) is 0 Å². The van der Waals surface area contributed by atoms with Crippen molar-refractivity contribution in [1.29, 1.82) is 0 Å². The first-order chi connectivity index (χ1) is 8.46. The second kappa shape index (κ2) is 5.50. The molecule has 0 amide bonds. The van der Waals surface area contributed by atoms with Crippen LogP contribution >= 0.6 is 11.6 Å². The van der Waals surface area contributed by atoms with E-state index in [4.69, 9.17) is 22.1 Å². The van der Waals surface area contributed by atoms with Gasteiger partial charge in [-0.25, -0.2) is 0 Å². The van der Waals surface area contributed by atoms with Crippen molar-refractivity contribution in [3.05, 3.63) is 28.8 Å². The van der Waals surface area contributed by atoms with Gasteiger partial charge >= 0.3 is 0 Å². The highest BCUT2D eigenvalue weighted by molar-refractivity contribution is 6.31. The van der Waals surface area contributed by atoms with E-state index < -0.39 is 0 Å². The molecular formula is C15H22ClNO. The van der Waals surface area contributed by atoms with E-state index in [-0.39, 0.29) is 0 Å². The van der Waals surface area contributed by atoms with Crippen LogP contribution in [-0.2, 0) is 11.3 Å². The summed E-state index contributed by atoms with van der Waals surface area (Å²) in [5, 5.41) is 0.700. The maximum atomic E-state index is 6.13. The molecule has 1 aromatic rings. The van der Waals surface area contributed by atoms with Crippen molar-refractivity contribution >= 4 is 17.3 Å². The minimum Gasteiger partial charge on any atom is -0.399 e. The number of hydrogen-bond donors (Lipinski definition) is 1. The molecule has 0 unspecified atom stereocenters. The second-order valence-corrected chi connectivity index (χ2v) is 6.43. The molecule has 2 rings (SSSR count). The lowest BCUT2D eigenvalue weighted by Crippen LogP contribution is -2.26. The van der Waals surface area contributed by atoms with E-state index in [1.165, 1.54) is 12.8 Å². The lowest BCUT2D eigenvalue weighted by atomic mass is 9.76. The summed E-state index contributed by atoms with van der Waals surface area (Å²) in [5.41, 5.74) is 7.88. The van der Waals surface area contributed by atoms with Gasteiger partial charge in [0.2, 0.25) is 0 Å². The molecule has 0 bridgehead atoms. The molecule has 1 aliphatic rings. The molecule has 0 aromatic heterocycles. The third-order valence-electron chi connectivity index (χ3n) is 3.84. The molecule has 0 spiro atoms. The van der Waals surface area contributed by atoms with Crippen LogP contribution < -0.4 is 5.73 Å². The number of rotatable bonds is 3. The van der Waals surface area contributed by atoms with Crippen molar-refractivity contribution in [2.75, 3.05) is 5.73 Å². The fraction of sp³-hybridized carbons (Fsp3) is 0.600. The average Bonchev–Trinajstić information content (AvgIpc) is 2.29. The summed E-state index contributed by atoms with van der Waals surface area (Å²) in [6.45, 7) is 5.25. The molecule has 3 heteroatoms. The molecule has 1 fully saturated rings. The molecule has 0 heterocycles. The second-order valence-electron chi connectivity index (χ2n) is 6.03. The minimum absolute atomic E-state index is 0.381. The van der Waals surface area contributed by atoms with Crippen molar-refractivity contribution in [2.45, 2.75) is 52.2 Å². The van der Waals surface area contributed by atoms with Gasteiger partial charge in [0.25, 0.3) is 0 Å². The summed E-state index contributed by atoms with van der Waals surface area (Å²) in [6, 6.07) is 5.60. The minimum atomic E-state index is 0.381. The van der Waals surface area contributed by atoms with Crippen LogP contribution in [0.1, 0.15) is 45.1 Å². The maximum Gasteiger partial charge on any atom is 0.0735 e. The van der Waals surface area contributed by atoms with Gasteiger partial charge in [0, 0.05) is 10.7 Å². The van der Waals surface area contributed by atoms with Gasteiger partial charge in [-0.3, -0.25) is 0 Å². The highest BCUT2D eigenvalue weighted by Crippen LogP contribution is 2.36. The predicted molar refractivity (Wildman–Crippen MR) is 76.7 cm³/mol. The van der Waals surface area contributed by atoms with Gasteiger partial charge in [0.1, 0.15) is 0 Å². The Morgan fingerprint density at radius 2 is 2.00 bits per heavy atom. The molecule has 100 valence electrons. The standard InChI is InChI=1S/C15H22ClNO/c1-15(2)7-5-13(6-8-15)18-10-11-3-4-12(17)9-14(11)16/h3-4,9,13H,5-8,10,17H2,1-2H3. The topological polar surface area (TPSA) is 35.2 Å². The molecule has 2 N–H and O–H groups in total. The van der Waals surface area contributed by atoms with E-state index in [1.807, 2.05) is 12.1 Å². The Labute approximate surface area is 114 Å². The SMILES string of the molecule is CC1(C)CCC(OCc2ccc(N)cc2Cl)CC1. The number of ether oxygens (including phenoxy) is 1. The summed E-state index contributed by atoms with van der Waals surface area (Å²) < 4.78 is 5.96. The lowest BCUT2D eigenvalue weighted by molar-refractivity contribution is -0.00555. The Hall–Kier alpha value is -0.730. The van der Waals surface area contributed by atoms with Gasteiger partial charge in [-0.05, 0) is 48.8 Å². The van der Waals surface area contributed by atoms with E-state index in [2.05, 4.69) is 13.8 Å². The Balaban J connectivity index is 1.85. The molecule has 2 nitrogen and oxygen atoms in total. The van der Waals surface area contributed by atoms with Crippen LogP contribution in [0.5, 0.6) is 0 Å². The van der Waals surface area contributed by atoms with Crippen molar-refractivity contribution in [3.8, 4) is 0 Å². The molecule has 1 saturated carbocycles. The van der Waals surface area contributed by atoms with Gasteiger partial charge in [0.05, 0.1) is 12.7 Å². The Morgan fingerprint density at radius 1 is 1.33 bits per heavy atom. The van der Waals surface area contributed by atoms with E-state index >= 15 is 0 Å². The Bertz CT molecular complexity index is 407. The lowest BCUT2D eigenvalue weighted by Gasteiger charge is -2.34. The molecule has 18 heavy (non-hydrogen) atoms. The highest BCUT2D eigenvalue weighted by Gasteiger charge is 2.27. The van der Waals surface area contributed by atoms with E-state index in [1.54, 1.807) is 6.07 Å². The number of anilines is 1. The monoisotopic (exact) mass is 267 g/mol. The number of nitrogens with two attached hydrogens (primary N) is 1. The number of nitrogen functional groups attached to an aromatic ring is 1. The molecule has 0 radical (unpaired) electrons. The van der Waals surface area contributed by atoms with Crippen molar-refractivity contribution in [3.63, 3.8) is 0 Å². The third kappa shape index (κ3) is 3.63. The summed E-state index contributed by atoms with van der Waals surface area (Å²) in [7, 11) is 0. The van der Waals surface area contributed by atoms with Crippen LogP contribution in [0.2, 0.25) is 5.02 Å². The van der Waals surface area contributed by atoms with Gasteiger partial charge < -0.3 is 10.5 Å². The molecule has 0 aliphatic heterocycles. The van der Waals surface area contributed by atoms with Crippen LogP contribution in [-0.4, -0.2) is 6.10 Å². The fourth-order valence-corrected chi connectivity index (χ4v) is 2.67. The average molecular weight is 268 g/mol. The Kier molecular flexibility index (Phi) is 4.18. The van der Waals surface area contributed by atoms with Crippen molar-refractivity contribution < 1.29 is 4.74 Å². The zero-order chi connectivity index (χ0) is 13.2. The first-order valence-corrected chi connectivity index (χ1v) is 7.00. The predicted octanol–water partition coefficient (Wildman–Crippen LogP) is 4.41. The quantitative estimate of drug-likeness (QED) is 0.824. The van der Waals surface area contributed by atoms with Crippen molar-refractivity contribution in [1.82, 2.24) is 0 Å². The van der Waals surface area contributed by atoms with Crippen LogP contribution in [0, 0.1) is 5.41 Å². The molecular weight excluding hydrogens is 246 g/mol. The first kappa shape index (κ1) is 13.7. The van der Waals surface area contributed by atoms with Crippen LogP contribution in [0.15, 0.2) is 18.2 Å². The third-order valence-corrected chi connectivity index (χ3v) is 4.19. The zero-order valence-corrected chi connectivity index (χ0v) is 12.0. The summed E-state index contributed by atoms with van der Waals surface area (Å²) in [5.74, 6) is 0. The van der Waals surface area contributed by atoms with Gasteiger partial charge in [-0.15, -0.1) is 0 Å². The normalized spacial score (nSPS) is 19.9.